The molecule has 0 amide bonds. The van der Waals surface area contributed by atoms with Crippen molar-refractivity contribution in [3.63, 3.8) is 0 Å². The van der Waals surface area contributed by atoms with Gasteiger partial charge in [-0.25, -0.2) is 8.42 Å². The maximum Gasteiger partial charge on any atom is 0.244 e. The van der Waals surface area contributed by atoms with Crippen LogP contribution in [0, 0.1) is 0 Å². The molecular formula is C11H16Cl2N4O2S2. The molecule has 1 unspecified atom stereocenters. The lowest BCUT2D eigenvalue weighted by Gasteiger charge is -2.08. The number of rotatable bonds is 3. The molecule has 1 N–H and O–H groups in total. The van der Waals surface area contributed by atoms with E-state index in [1.54, 1.807) is 0 Å². The average molecular weight is 371 g/mol. The van der Waals surface area contributed by atoms with E-state index in [1.807, 2.05) is 26.0 Å². The highest BCUT2D eigenvalue weighted by molar-refractivity contribution is 7.89. The molecule has 0 spiro atoms. The Morgan fingerprint density at radius 2 is 1.76 bits per heavy atom. The third-order valence-corrected chi connectivity index (χ3v) is 4.58. The summed E-state index contributed by atoms with van der Waals surface area (Å²) in [5, 5.41) is 0.367. The molecule has 2 aromatic rings. The molecule has 1 heterocycles. The largest absolute Gasteiger partial charge is 0.312 e. The van der Waals surface area contributed by atoms with E-state index in [-0.39, 0.29) is 10.4 Å². The van der Waals surface area contributed by atoms with Gasteiger partial charge in [0, 0.05) is 0 Å². The zero-order valence-electron chi connectivity index (χ0n) is 12.0. The molecule has 0 fully saturated rings. The molecule has 0 saturated carbocycles. The van der Waals surface area contributed by atoms with Crippen molar-refractivity contribution in [1.29, 1.82) is 0 Å². The Bertz CT molecular complexity index is 699. The van der Waals surface area contributed by atoms with Crippen molar-refractivity contribution in [2.75, 3.05) is 21.1 Å². The first-order chi connectivity index (χ1) is 9.65. The standard InChI is InChI=1S/C8H7Cl2N3O2S2.C3H9N/c1-4(9)13-17(14,15)6-3-2-5(10)7-8(6)12-16-11-7;1-4(2)3/h2-4,13H,1H3;1-3H3. The lowest BCUT2D eigenvalue weighted by molar-refractivity contribution is 0.505. The first-order valence-corrected chi connectivity index (χ1v) is 8.86. The molecular weight excluding hydrogens is 355 g/mol. The van der Waals surface area contributed by atoms with E-state index in [2.05, 4.69) is 13.5 Å². The fourth-order valence-corrected chi connectivity index (χ4v) is 3.73. The van der Waals surface area contributed by atoms with Gasteiger partial charge in [-0.05, 0) is 40.2 Å². The molecule has 0 aliphatic carbocycles. The van der Waals surface area contributed by atoms with Crippen LogP contribution >= 0.6 is 34.9 Å². The molecule has 0 aliphatic heterocycles. The zero-order chi connectivity index (χ0) is 16.2. The van der Waals surface area contributed by atoms with Crippen molar-refractivity contribution >= 4 is 56.0 Å². The van der Waals surface area contributed by atoms with Crippen molar-refractivity contribution in [2.45, 2.75) is 17.3 Å². The van der Waals surface area contributed by atoms with Crippen molar-refractivity contribution in [3.05, 3.63) is 17.2 Å². The molecule has 118 valence electrons. The summed E-state index contributed by atoms with van der Waals surface area (Å²) in [5.41, 5.74) is -0.0774. The predicted octanol–water partition coefficient (Wildman–Crippen LogP) is 2.39. The van der Waals surface area contributed by atoms with Crippen LogP contribution in [0.4, 0.5) is 0 Å². The number of sulfonamides is 1. The van der Waals surface area contributed by atoms with Gasteiger partial charge < -0.3 is 4.90 Å². The Labute approximate surface area is 138 Å². The molecule has 10 heteroatoms. The number of benzene rings is 1. The monoisotopic (exact) mass is 370 g/mol. The van der Waals surface area contributed by atoms with E-state index in [4.69, 9.17) is 23.2 Å². The predicted molar refractivity (Wildman–Crippen MR) is 87.7 cm³/mol. The van der Waals surface area contributed by atoms with E-state index < -0.39 is 15.5 Å². The molecule has 0 radical (unpaired) electrons. The lowest BCUT2D eigenvalue weighted by Crippen LogP contribution is -2.28. The highest BCUT2D eigenvalue weighted by Gasteiger charge is 2.22. The highest BCUT2D eigenvalue weighted by atomic mass is 35.5. The minimum Gasteiger partial charge on any atom is -0.312 e. The summed E-state index contributed by atoms with van der Waals surface area (Å²) in [6.45, 7) is 1.52. The summed E-state index contributed by atoms with van der Waals surface area (Å²) in [6.07, 6.45) is 0. The van der Waals surface area contributed by atoms with Crippen LogP contribution in [0.5, 0.6) is 0 Å². The van der Waals surface area contributed by atoms with E-state index in [9.17, 15) is 8.42 Å². The number of fused-ring (bicyclic) bond motifs is 1. The van der Waals surface area contributed by atoms with Crippen molar-refractivity contribution in [2.24, 2.45) is 0 Å². The van der Waals surface area contributed by atoms with Gasteiger partial charge in [0.1, 0.15) is 15.9 Å². The van der Waals surface area contributed by atoms with E-state index in [1.165, 1.54) is 19.1 Å². The summed E-state index contributed by atoms with van der Waals surface area (Å²) < 4.78 is 34.1. The molecule has 1 aromatic carbocycles. The summed E-state index contributed by atoms with van der Waals surface area (Å²) >= 11 is 12.4. The summed E-state index contributed by atoms with van der Waals surface area (Å²) in [6, 6.07) is 2.85. The Hall–Kier alpha value is -0.510. The summed E-state index contributed by atoms with van der Waals surface area (Å²) in [5.74, 6) is 0. The third kappa shape index (κ3) is 5.32. The number of nitrogens with zero attached hydrogens (tertiary/aromatic N) is 3. The van der Waals surface area contributed by atoms with Crippen molar-refractivity contribution in [3.8, 4) is 0 Å². The fraction of sp³-hybridized carbons (Fsp3) is 0.455. The Morgan fingerprint density at radius 1 is 1.24 bits per heavy atom. The Balaban J connectivity index is 0.000000491. The van der Waals surface area contributed by atoms with E-state index in [0.29, 0.717) is 10.5 Å². The minimum absolute atomic E-state index is 0.0261. The molecule has 1 atom stereocenters. The van der Waals surface area contributed by atoms with Crippen LogP contribution in [0.2, 0.25) is 5.02 Å². The van der Waals surface area contributed by atoms with Gasteiger partial charge in [0.25, 0.3) is 0 Å². The van der Waals surface area contributed by atoms with Gasteiger partial charge in [-0.1, -0.05) is 11.6 Å². The van der Waals surface area contributed by atoms with Crippen molar-refractivity contribution < 1.29 is 8.42 Å². The fourth-order valence-electron chi connectivity index (χ4n) is 1.31. The topological polar surface area (TPSA) is 75.2 Å². The molecule has 0 bridgehead atoms. The van der Waals surface area contributed by atoms with Crippen molar-refractivity contribution in [1.82, 2.24) is 18.4 Å². The van der Waals surface area contributed by atoms with Gasteiger partial charge in [-0.2, -0.15) is 13.5 Å². The first-order valence-electron chi connectivity index (χ1n) is 5.83. The van der Waals surface area contributed by atoms with Gasteiger partial charge in [0.05, 0.1) is 22.3 Å². The Morgan fingerprint density at radius 3 is 2.29 bits per heavy atom. The highest BCUT2D eigenvalue weighted by Crippen LogP contribution is 2.27. The maximum absolute atomic E-state index is 12.0. The molecule has 2 rings (SSSR count). The van der Waals surface area contributed by atoms with Crippen LogP contribution in [0.1, 0.15) is 6.92 Å². The number of nitrogens with one attached hydrogen (secondary N) is 1. The van der Waals surface area contributed by atoms with Crippen LogP contribution in [0.25, 0.3) is 11.0 Å². The second kappa shape index (κ2) is 7.66. The Kier molecular flexibility index (Phi) is 6.76. The average Bonchev–Trinajstić information content (AvgIpc) is 2.75. The first kappa shape index (κ1) is 18.5. The van der Waals surface area contributed by atoms with Gasteiger partial charge in [0.2, 0.25) is 10.0 Å². The second-order valence-corrected chi connectivity index (χ2v) is 7.86. The SMILES string of the molecule is CC(Cl)NS(=O)(=O)c1ccc(Cl)c2nsnc12.CN(C)C. The second-order valence-electron chi connectivity index (χ2n) is 4.59. The smallest absolute Gasteiger partial charge is 0.244 e. The molecule has 21 heavy (non-hydrogen) atoms. The normalized spacial score (nSPS) is 13.1. The van der Waals surface area contributed by atoms with Crippen LogP contribution in [-0.2, 0) is 10.0 Å². The van der Waals surface area contributed by atoms with Gasteiger partial charge >= 0.3 is 0 Å². The van der Waals surface area contributed by atoms with Crippen LogP contribution < -0.4 is 4.72 Å². The van der Waals surface area contributed by atoms with E-state index in [0.717, 1.165) is 11.7 Å². The van der Waals surface area contributed by atoms with Gasteiger partial charge in [-0.15, -0.1) is 11.6 Å². The van der Waals surface area contributed by atoms with Gasteiger partial charge in [-0.3, -0.25) is 0 Å². The lowest BCUT2D eigenvalue weighted by atomic mass is 10.3. The molecule has 1 aromatic heterocycles. The van der Waals surface area contributed by atoms with Crippen LogP contribution in [-0.4, -0.2) is 48.7 Å². The van der Waals surface area contributed by atoms with Gasteiger partial charge in [0.15, 0.2) is 0 Å². The third-order valence-electron chi connectivity index (χ3n) is 1.94. The van der Waals surface area contributed by atoms with E-state index >= 15 is 0 Å². The zero-order valence-corrected chi connectivity index (χ0v) is 15.1. The molecule has 0 saturated heterocycles. The number of aromatic nitrogens is 2. The molecule has 6 nitrogen and oxygen atoms in total. The number of hydrogen-bond donors (Lipinski definition) is 1. The summed E-state index contributed by atoms with van der Waals surface area (Å²) in [4.78, 5) is 2.03. The quantitative estimate of drug-likeness (QED) is 0.662. The number of halogens is 2. The molecule has 0 aliphatic rings. The summed E-state index contributed by atoms with van der Waals surface area (Å²) in [7, 11) is 2.29. The van der Waals surface area contributed by atoms with Crippen LogP contribution in [0.15, 0.2) is 17.0 Å². The number of hydrogen-bond acceptors (Lipinski definition) is 6. The minimum atomic E-state index is -3.71. The maximum atomic E-state index is 12.0. The van der Waals surface area contributed by atoms with Crippen LogP contribution in [0.3, 0.4) is 0 Å². The number of alkyl halides is 1.